The summed E-state index contributed by atoms with van der Waals surface area (Å²) in [7, 11) is 1.65. The van der Waals surface area contributed by atoms with E-state index < -0.39 is 0 Å². The van der Waals surface area contributed by atoms with Crippen LogP contribution in [0.25, 0.3) is 0 Å². The van der Waals surface area contributed by atoms with Crippen molar-refractivity contribution in [1.82, 2.24) is 0 Å². The van der Waals surface area contributed by atoms with Gasteiger partial charge in [-0.25, -0.2) is 0 Å². The Hall–Kier alpha value is -1.74. The Morgan fingerprint density at radius 2 is 2.00 bits per heavy atom. The molecule has 0 atom stereocenters. The van der Waals surface area contributed by atoms with Crippen LogP contribution in [0.15, 0.2) is 47.4 Å². The third kappa shape index (κ3) is 3.30. The maximum atomic E-state index is 12.3. The molecule has 0 unspecified atom stereocenters. The number of hydrogen-bond donors (Lipinski definition) is 0. The van der Waals surface area contributed by atoms with Crippen molar-refractivity contribution in [3.05, 3.63) is 59.2 Å². The van der Waals surface area contributed by atoms with Gasteiger partial charge in [0, 0.05) is 10.5 Å². The summed E-state index contributed by atoms with van der Waals surface area (Å²) >= 11 is 1.56. The Morgan fingerprint density at radius 1 is 1.14 bits per heavy atom. The number of carbonyl (C=O) groups excluding carboxylic acids is 1. The van der Waals surface area contributed by atoms with Crippen LogP contribution in [-0.2, 0) is 12.8 Å². The van der Waals surface area contributed by atoms with Crippen LogP contribution in [0.4, 0.5) is 0 Å². The molecule has 0 heterocycles. The Labute approximate surface area is 129 Å². The zero-order valence-corrected chi connectivity index (χ0v) is 12.9. The van der Waals surface area contributed by atoms with E-state index >= 15 is 0 Å². The zero-order valence-electron chi connectivity index (χ0n) is 12.1. The monoisotopic (exact) mass is 298 g/mol. The number of ketones is 1. The topological polar surface area (TPSA) is 26.3 Å². The normalized spacial score (nSPS) is 13.0. The van der Waals surface area contributed by atoms with Gasteiger partial charge in [0.25, 0.3) is 0 Å². The van der Waals surface area contributed by atoms with Crippen molar-refractivity contribution in [2.24, 2.45) is 0 Å². The lowest BCUT2D eigenvalue weighted by molar-refractivity contribution is 0.102. The van der Waals surface area contributed by atoms with Crippen LogP contribution < -0.4 is 4.74 Å². The van der Waals surface area contributed by atoms with Crippen LogP contribution in [-0.4, -0.2) is 18.6 Å². The number of rotatable bonds is 5. The molecule has 0 spiro atoms. The van der Waals surface area contributed by atoms with Crippen molar-refractivity contribution in [1.29, 1.82) is 0 Å². The molecular weight excluding hydrogens is 280 g/mol. The van der Waals surface area contributed by atoms with Gasteiger partial charge >= 0.3 is 0 Å². The standard InChI is InChI=1S/C18H18O2S/c1-20-16-6-3-7-17(11-16)21-12-18(19)15-9-8-13-4-2-5-14(13)10-15/h3,6-11H,2,4-5,12H2,1H3. The highest BCUT2D eigenvalue weighted by Crippen LogP contribution is 2.26. The molecule has 0 aromatic heterocycles. The number of Topliss-reactive ketones (excluding diaryl/α,β-unsaturated/α-hetero) is 1. The Balaban J connectivity index is 1.66. The van der Waals surface area contributed by atoms with Crippen LogP contribution in [0, 0.1) is 0 Å². The lowest BCUT2D eigenvalue weighted by Crippen LogP contribution is -2.03. The molecule has 1 aliphatic carbocycles. The van der Waals surface area contributed by atoms with E-state index in [-0.39, 0.29) is 5.78 Å². The molecule has 0 amide bonds. The fourth-order valence-electron chi connectivity index (χ4n) is 2.67. The maximum absolute atomic E-state index is 12.3. The first-order valence-corrected chi connectivity index (χ1v) is 8.16. The Kier molecular flexibility index (Phi) is 4.30. The molecule has 0 fully saturated rings. The average molecular weight is 298 g/mol. The molecule has 2 nitrogen and oxygen atoms in total. The molecular formula is C18H18O2S. The summed E-state index contributed by atoms with van der Waals surface area (Å²) in [5.74, 6) is 1.48. The van der Waals surface area contributed by atoms with Gasteiger partial charge in [0.05, 0.1) is 12.9 Å². The van der Waals surface area contributed by atoms with Gasteiger partial charge in [-0.05, 0) is 54.7 Å². The molecule has 108 valence electrons. The summed E-state index contributed by atoms with van der Waals surface area (Å²) in [6.45, 7) is 0. The quantitative estimate of drug-likeness (QED) is 0.612. The van der Waals surface area contributed by atoms with E-state index in [2.05, 4.69) is 12.1 Å². The van der Waals surface area contributed by atoms with Gasteiger partial charge in [0.2, 0.25) is 0 Å². The van der Waals surface area contributed by atoms with Crippen LogP contribution in [0.1, 0.15) is 27.9 Å². The third-order valence-electron chi connectivity index (χ3n) is 3.83. The molecule has 21 heavy (non-hydrogen) atoms. The minimum absolute atomic E-state index is 0.192. The van der Waals surface area contributed by atoms with Gasteiger partial charge in [0.15, 0.2) is 5.78 Å². The third-order valence-corrected chi connectivity index (χ3v) is 4.83. The number of hydrogen-bond acceptors (Lipinski definition) is 3. The summed E-state index contributed by atoms with van der Waals surface area (Å²) in [4.78, 5) is 13.4. The van der Waals surface area contributed by atoms with Gasteiger partial charge < -0.3 is 4.74 Å². The number of thioether (sulfide) groups is 1. The van der Waals surface area contributed by atoms with Crippen LogP contribution in [0.5, 0.6) is 5.75 Å². The minimum Gasteiger partial charge on any atom is -0.497 e. The van der Waals surface area contributed by atoms with E-state index in [4.69, 9.17) is 4.74 Å². The van der Waals surface area contributed by atoms with Crippen molar-refractivity contribution in [3.63, 3.8) is 0 Å². The molecule has 0 bridgehead atoms. The molecule has 1 aliphatic rings. The van der Waals surface area contributed by atoms with E-state index in [1.54, 1.807) is 18.9 Å². The summed E-state index contributed by atoms with van der Waals surface area (Å²) in [5.41, 5.74) is 3.60. The first kappa shape index (κ1) is 14.2. The number of aryl methyl sites for hydroxylation is 2. The second kappa shape index (κ2) is 6.35. The molecule has 0 N–H and O–H groups in total. The maximum Gasteiger partial charge on any atom is 0.173 e. The minimum atomic E-state index is 0.192. The molecule has 0 aliphatic heterocycles. The molecule has 2 aromatic carbocycles. The highest BCUT2D eigenvalue weighted by molar-refractivity contribution is 8.00. The predicted octanol–water partition coefficient (Wildman–Crippen LogP) is 4.16. The summed E-state index contributed by atoms with van der Waals surface area (Å²) in [5, 5.41) is 0. The fourth-order valence-corrected chi connectivity index (χ4v) is 3.51. The van der Waals surface area contributed by atoms with E-state index in [9.17, 15) is 4.79 Å². The first-order valence-electron chi connectivity index (χ1n) is 7.18. The van der Waals surface area contributed by atoms with Crippen LogP contribution >= 0.6 is 11.8 Å². The second-order valence-electron chi connectivity index (χ2n) is 5.23. The molecule has 0 saturated heterocycles. The van der Waals surface area contributed by atoms with Crippen molar-refractivity contribution >= 4 is 17.5 Å². The smallest absolute Gasteiger partial charge is 0.173 e. The number of fused-ring (bicyclic) bond motifs is 1. The lowest BCUT2D eigenvalue weighted by atomic mass is 10.0. The Morgan fingerprint density at radius 3 is 2.86 bits per heavy atom. The SMILES string of the molecule is COc1cccc(SCC(=O)c2ccc3c(c2)CCC3)c1. The van der Waals surface area contributed by atoms with Gasteiger partial charge in [-0.1, -0.05) is 18.2 Å². The van der Waals surface area contributed by atoms with Crippen molar-refractivity contribution in [2.75, 3.05) is 12.9 Å². The Bertz CT molecular complexity index is 664. The summed E-state index contributed by atoms with van der Waals surface area (Å²) < 4.78 is 5.20. The largest absolute Gasteiger partial charge is 0.497 e. The predicted molar refractivity (Wildman–Crippen MR) is 86.5 cm³/mol. The van der Waals surface area contributed by atoms with Crippen LogP contribution in [0.3, 0.4) is 0 Å². The molecule has 3 heteroatoms. The molecule has 0 saturated carbocycles. The number of methoxy groups -OCH3 is 1. The van der Waals surface area contributed by atoms with E-state index in [1.807, 2.05) is 30.3 Å². The van der Waals surface area contributed by atoms with E-state index in [0.717, 1.165) is 29.1 Å². The van der Waals surface area contributed by atoms with E-state index in [1.165, 1.54) is 17.5 Å². The van der Waals surface area contributed by atoms with Crippen molar-refractivity contribution < 1.29 is 9.53 Å². The van der Waals surface area contributed by atoms with E-state index in [0.29, 0.717) is 5.75 Å². The zero-order chi connectivity index (χ0) is 14.7. The second-order valence-corrected chi connectivity index (χ2v) is 6.28. The van der Waals surface area contributed by atoms with Gasteiger partial charge in [-0.3, -0.25) is 4.79 Å². The average Bonchev–Trinajstić information content (AvgIpc) is 3.00. The number of ether oxygens (including phenoxy) is 1. The molecule has 3 rings (SSSR count). The van der Waals surface area contributed by atoms with Crippen molar-refractivity contribution in [3.8, 4) is 5.75 Å². The highest BCUT2D eigenvalue weighted by atomic mass is 32.2. The highest BCUT2D eigenvalue weighted by Gasteiger charge is 2.14. The fraction of sp³-hybridized carbons (Fsp3) is 0.278. The van der Waals surface area contributed by atoms with Gasteiger partial charge in [-0.15, -0.1) is 11.8 Å². The van der Waals surface area contributed by atoms with Gasteiger partial charge in [-0.2, -0.15) is 0 Å². The summed E-state index contributed by atoms with van der Waals surface area (Å²) in [6, 6.07) is 14.0. The lowest BCUT2D eigenvalue weighted by Gasteiger charge is -2.06. The number of carbonyl (C=O) groups is 1. The summed E-state index contributed by atoms with van der Waals surface area (Å²) in [6.07, 6.45) is 3.48. The number of benzene rings is 2. The van der Waals surface area contributed by atoms with Crippen LogP contribution in [0.2, 0.25) is 0 Å². The molecule has 0 radical (unpaired) electrons. The van der Waals surface area contributed by atoms with Gasteiger partial charge in [0.1, 0.15) is 5.75 Å². The van der Waals surface area contributed by atoms with Crippen molar-refractivity contribution in [2.45, 2.75) is 24.2 Å². The first-order chi connectivity index (χ1) is 10.3. The molecule has 2 aromatic rings.